The van der Waals surface area contributed by atoms with Gasteiger partial charge in [-0.25, -0.2) is 8.42 Å². The molecule has 1 heterocycles. The van der Waals surface area contributed by atoms with Crippen molar-refractivity contribution in [1.29, 1.82) is 0 Å². The molecule has 0 spiro atoms. The molecule has 0 bridgehead atoms. The monoisotopic (exact) mass is 334 g/mol. The van der Waals surface area contributed by atoms with Crippen LogP contribution in [0, 0.1) is 0 Å². The molecule has 2 atom stereocenters. The molecule has 18 heavy (non-hydrogen) atoms. The lowest BCUT2D eigenvalue weighted by Crippen LogP contribution is -2.52. The molecule has 0 aromatic heterocycles. The van der Waals surface area contributed by atoms with E-state index in [4.69, 9.17) is 5.73 Å². The third-order valence-electron chi connectivity index (χ3n) is 3.05. The maximum Gasteiger partial charge on any atom is 0.243 e. The summed E-state index contributed by atoms with van der Waals surface area (Å²) in [6.45, 7) is 0.399. The summed E-state index contributed by atoms with van der Waals surface area (Å²) in [6.07, 6.45) is -0.333. The molecule has 1 fully saturated rings. The van der Waals surface area contributed by atoms with E-state index >= 15 is 0 Å². The van der Waals surface area contributed by atoms with Crippen LogP contribution in [0.1, 0.15) is 6.42 Å². The molecule has 7 heteroatoms. The van der Waals surface area contributed by atoms with Gasteiger partial charge in [-0.05, 0) is 30.7 Å². The summed E-state index contributed by atoms with van der Waals surface area (Å²) in [5, 5.41) is 9.66. The highest BCUT2D eigenvalue weighted by molar-refractivity contribution is 9.10. The molecule has 1 aliphatic heterocycles. The van der Waals surface area contributed by atoms with Crippen LogP contribution in [-0.4, -0.2) is 43.1 Å². The second-order valence-electron chi connectivity index (χ2n) is 4.34. The molecule has 2 rings (SSSR count). The Hall–Kier alpha value is -0.470. The summed E-state index contributed by atoms with van der Waals surface area (Å²) in [5.41, 5.74) is 5.66. The Morgan fingerprint density at radius 2 is 1.94 bits per heavy atom. The van der Waals surface area contributed by atoms with E-state index in [9.17, 15) is 13.5 Å². The van der Waals surface area contributed by atoms with Crippen molar-refractivity contribution in [3.63, 3.8) is 0 Å². The van der Waals surface area contributed by atoms with Crippen molar-refractivity contribution in [1.82, 2.24) is 4.31 Å². The minimum atomic E-state index is -3.54. The molecule has 0 aliphatic carbocycles. The van der Waals surface area contributed by atoms with Gasteiger partial charge < -0.3 is 10.8 Å². The summed E-state index contributed by atoms with van der Waals surface area (Å²) in [7, 11) is -3.54. The van der Waals surface area contributed by atoms with Crippen molar-refractivity contribution < 1.29 is 13.5 Å². The SMILES string of the molecule is N[C@@H]1CCN(S(=O)(=O)c2ccc(Br)cc2)C[C@@H]1O. The van der Waals surface area contributed by atoms with Gasteiger partial charge >= 0.3 is 0 Å². The summed E-state index contributed by atoms with van der Waals surface area (Å²) < 4.78 is 26.7. The summed E-state index contributed by atoms with van der Waals surface area (Å²) in [6, 6.07) is 6.10. The summed E-state index contributed by atoms with van der Waals surface area (Å²) >= 11 is 3.26. The summed E-state index contributed by atoms with van der Waals surface area (Å²) in [4.78, 5) is 0.230. The van der Waals surface area contributed by atoms with Gasteiger partial charge in [0.05, 0.1) is 11.0 Å². The smallest absolute Gasteiger partial charge is 0.243 e. The van der Waals surface area contributed by atoms with E-state index in [1.807, 2.05) is 0 Å². The second-order valence-corrected chi connectivity index (χ2v) is 7.19. The lowest BCUT2D eigenvalue weighted by atomic mass is 10.1. The topological polar surface area (TPSA) is 83.6 Å². The first-order valence-corrected chi connectivity index (χ1v) is 7.84. The molecule has 0 amide bonds. The average molecular weight is 335 g/mol. The lowest BCUT2D eigenvalue weighted by molar-refractivity contribution is 0.0877. The van der Waals surface area contributed by atoms with Gasteiger partial charge in [0.2, 0.25) is 10.0 Å². The molecule has 0 saturated carbocycles. The van der Waals surface area contributed by atoms with E-state index in [0.29, 0.717) is 13.0 Å². The fraction of sp³-hybridized carbons (Fsp3) is 0.455. The van der Waals surface area contributed by atoms with Crippen molar-refractivity contribution in [3.05, 3.63) is 28.7 Å². The van der Waals surface area contributed by atoms with Crippen molar-refractivity contribution in [3.8, 4) is 0 Å². The number of nitrogens with two attached hydrogens (primary N) is 1. The van der Waals surface area contributed by atoms with Crippen LogP contribution in [0.5, 0.6) is 0 Å². The van der Waals surface area contributed by atoms with E-state index in [0.717, 1.165) is 4.47 Å². The Bertz CT molecular complexity index is 518. The molecule has 1 aliphatic rings. The summed E-state index contributed by atoms with van der Waals surface area (Å²) in [5.74, 6) is 0. The van der Waals surface area contributed by atoms with Gasteiger partial charge in [0.15, 0.2) is 0 Å². The number of piperidine rings is 1. The maximum absolute atomic E-state index is 12.3. The van der Waals surface area contributed by atoms with Crippen LogP contribution in [0.4, 0.5) is 0 Å². The van der Waals surface area contributed by atoms with Crippen LogP contribution >= 0.6 is 15.9 Å². The van der Waals surface area contributed by atoms with Crippen molar-refractivity contribution in [2.45, 2.75) is 23.5 Å². The highest BCUT2D eigenvalue weighted by atomic mass is 79.9. The van der Waals surface area contributed by atoms with Crippen LogP contribution in [0.2, 0.25) is 0 Å². The third-order valence-corrected chi connectivity index (χ3v) is 5.46. The molecule has 5 nitrogen and oxygen atoms in total. The first kappa shape index (κ1) is 14.0. The zero-order chi connectivity index (χ0) is 13.3. The number of aliphatic hydroxyl groups is 1. The zero-order valence-electron chi connectivity index (χ0n) is 9.66. The van der Waals surface area contributed by atoms with E-state index in [-0.39, 0.29) is 17.5 Å². The Morgan fingerprint density at radius 1 is 1.33 bits per heavy atom. The molecule has 1 saturated heterocycles. The zero-order valence-corrected chi connectivity index (χ0v) is 12.1. The van der Waals surface area contributed by atoms with E-state index in [1.165, 1.54) is 4.31 Å². The molecule has 100 valence electrons. The number of nitrogens with zero attached hydrogens (tertiary/aromatic N) is 1. The Labute approximate surface area is 115 Å². The number of benzene rings is 1. The quantitative estimate of drug-likeness (QED) is 0.826. The third kappa shape index (κ3) is 2.75. The average Bonchev–Trinajstić information content (AvgIpc) is 2.33. The fourth-order valence-corrected chi connectivity index (χ4v) is 3.63. The van der Waals surface area contributed by atoms with Crippen molar-refractivity contribution in [2.24, 2.45) is 5.73 Å². The van der Waals surface area contributed by atoms with Gasteiger partial charge in [-0.1, -0.05) is 15.9 Å². The predicted octanol–water partition coefficient (Wildman–Crippen LogP) is 0.532. The Kier molecular flexibility index (Phi) is 4.08. The molecular formula is C11H15BrN2O3S. The molecule has 3 N–H and O–H groups in total. The lowest BCUT2D eigenvalue weighted by Gasteiger charge is -2.33. The van der Waals surface area contributed by atoms with Gasteiger partial charge in [-0.2, -0.15) is 4.31 Å². The van der Waals surface area contributed by atoms with Gasteiger partial charge in [0, 0.05) is 23.6 Å². The van der Waals surface area contributed by atoms with Gasteiger partial charge in [0.25, 0.3) is 0 Å². The number of rotatable bonds is 2. The minimum Gasteiger partial charge on any atom is -0.390 e. The van der Waals surface area contributed by atoms with Crippen LogP contribution < -0.4 is 5.73 Å². The number of halogens is 1. The van der Waals surface area contributed by atoms with Gasteiger partial charge in [-0.3, -0.25) is 0 Å². The minimum absolute atomic E-state index is 0.0551. The molecule has 1 aromatic rings. The normalized spacial score (nSPS) is 26.2. The Balaban J connectivity index is 2.24. The first-order chi connectivity index (χ1) is 8.41. The number of hydrogen-bond acceptors (Lipinski definition) is 4. The Morgan fingerprint density at radius 3 is 2.50 bits per heavy atom. The van der Waals surface area contributed by atoms with E-state index in [2.05, 4.69) is 15.9 Å². The number of β-amino-alcohol motifs (C(OH)–C–C–N with tert-alkyl or cyclic N) is 1. The van der Waals surface area contributed by atoms with Gasteiger partial charge in [0.1, 0.15) is 0 Å². The standard InChI is InChI=1S/C11H15BrN2O3S/c12-8-1-3-9(4-2-8)18(16,17)14-6-5-10(13)11(15)7-14/h1-4,10-11,15H,5-7,13H2/t10-,11+/m1/s1. The maximum atomic E-state index is 12.3. The van der Waals surface area contributed by atoms with Crippen LogP contribution in [0.3, 0.4) is 0 Å². The van der Waals surface area contributed by atoms with Crippen LogP contribution in [-0.2, 0) is 10.0 Å². The number of sulfonamides is 1. The molecular weight excluding hydrogens is 320 g/mol. The van der Waals surface area contributed by atoms with E-state index in [1.54, 1.807) is 24.3 Å². The van der Waals surface area contributed by atoms with Crippen LogP contribution in [0.15, 0.2) is 33.6 Å². The first-order valence-electron chi connectivity index (χ1n) is 5.60. The van der Waals surface area contributed by atoms with Crippen molar-refractivity contribution >= 4 is 26.0 Å². The second kappa shape index (κ2) is 5.26. The number of hydrogen-bond donors (Lipinski definition) is 2. The van der Waals surface area contributed by atoms with Crippen molar-refractivity contribution in [2.75, 3.05) is 13.1 Å². The predicted molar refractivity (Wildman–Crippen MR) is 71.5 cm³/mol. The largest absolute Gasteiger partial charge is 0.390 e. The highest BCUT2D eigenvalue weighted by Gasteiger charge is 2.32. The molecule has 0 unspecified atom stereocenters. The van der Waals surface area contributed by atoms with Gasteiger partial charge in [-0.15, -0.1) is 0 Å². The highest BCUT2D eigenvalue weighted by Crippen LogP contribution is 2.22. The molecule has 0 radical (unpaired) electrons. The number of aliphatic hydroxyl groups excluding tert-OH is 1. The van der Waals surface area contributed by atoms with E-state index < -0.39 is 16.1 Å². The molecule has 1 aromatic carbocycles. The fourth-order valence-electron chi connectivity index (χ4n) is 1.89. The van der Waals surface area contributed by atoms with Crippen LogP contribution in [0.25, 0.3) is 0 Å².